The first-order valence-electron chi connectivity index (χ1n) is 9.81. The van der Waals surface area contributed by atoms with E-state index in [-0.39, 0.29) is 34.2 Å². The molecule has 1 atom stereocenters. The van der Waals surface area contributed by atoms with Crippen molar-refractivity contribution in [2.75, 3.05) is 5.32 Å². The third-order valence-electron chi connectivity index (χ3n) is 4.75. The highest BCUT2D eigenvalue weighted by atomic mass is 19.4. The number of hydrogen-bond acceptors (Lipinski definition) is 4. The molecular formula is C22H14F8N4O. The summed E-state index contributed by atoms with van der Waals surface area (Å²) in [6.07, 6.45) is -10.1. The summed E-state index contributed by atoms with van der Waals surface area (Å²) in [5.74, 6) is -0.218. The number of halogens is 8. The minimum atomic E-state index is -4.87. The molecule has 2 heterocycles. The van der Waals surface area contributed by atoms with Crippen molar-refractivity contribution < 1.29 is 39.9 Å². The zero-order valence-electron chi connectivity index (χ0n) is 17.3. The lowest BCUT2D eigenvalue weighted by Gasteiger charge is -2.14. The van der Waals surface area contributed by atoms with Gasteiger partial charge in [-0.15, -0.1) is 0 Å². The number of rotatable bonds is 7. The monoisotopic (exact) mass is 502 g/mol. The van der Waals surface area contributed by atoms with Crippen molar-refractivity contribution in [3.63, 3.8) is 0 Å². The second-order valence-electron chi connectivity index (χ2n) is 7.23. The number of imidazole rings is 1. The summed E-state index contributed by atoms with van der Waals surface area (Å²) in [5.41, 5.74) is -1.98. The van der Waals surface area contributed by atoms with Crippen LogP contribution in [0.25, 0.3) is 16.9 Å². The molecule has 4 rings (SSSR count). The van der Waals surface area contributed by atoms with Crippen LogP contribution in [0.5, 0.6) is 5.75 Å². The van der Waals surface area contributed by atoms with Gasteiger partial charge in [-0.1, -0.05) is 6.07 Å². The van der Waals surface area contributed by atoms with Gasteiger partial charge in [-0.25, -0.2) is 27.5 Å². The van der Waals surface area contributed by atoms with Crippen LogP contribution in [0.2, 0.25) is 0 Å². The quantitative estimate of drug-likeness (QED) is 0.276. The molecule has 2 aromatic carbocycles. The van der Waals surface area contributed by atoms with E-state index in [1.807, 2.05) is 0 Å². The van der Waals surface area contributed by atoms with Crippen LogP contribution in [0.3, 0.4) is 0 Å². The lowest BCUT2D eigenvalue weighted by molar-refractivity contribution is -0.137. The molecule has 0 spiro atoms. The number of nitrogens with zero attached hydrogens (tertiary/aromatic N) is 3. The van der Waals surface area contributed by atoms with Crippen LogP contribution in [0.1, 0.15) is 17.6 Å². The summed E-state index contributed by atoms with van der Waals surface area (Å²) in [4.78, 5) is 8.33. The number of ether oxygens (including phenoxy) is 1. The molecule has 0 bridgehead atoms. The fourth-order valence-corrected chi connectivity index (χ4v) is 3.21. The molecule has 0 aliphatic heterocycles. The summed E-state index contributed by atoms with van der Waals surface area (Å²) in [7, 11) is 0. The molecule has 1 unspecified atom stereocenters. The van der Waals surface area contributed by atoms with Gasteiger partial charge in [0.2, 0.25) is 0 Å². The van der Waals surface area contributed by atoms with Crippen molar-refractivity contribution in [2.24, 2.45) is 0 Å². The summed E-state index contributed by atoms with van der Waals surface area (Å²) >= 11 is 0. The zero-order valence-corrected chi connectivity index (χ0v) is 17.3. The van der Waals surface area contributed by atoms with Crippen LogP contribution >= 0.6 is 0 Å². The largest absolute Gasteiger partial charge is 0.454 e. The second kappa shape index (κ2) is 9.39. The van der Waals surface area contributed by atoms with Crippen molar-refractivity contribution in [3.8, 4) is 17.0 Å². The van der Waals surface area contributed by atoms with E-state index in [1.165, 1.54) is 47.3 Å². The molecule has 2 aromatic heterocycles. The van der Waals surface area contributed by atoms with Crippen LogP contribution in [0.4, 0.5) is 46.6 Å². The predicted molar refractivity (Wildman–Crippen MR) is 110 cm³/mol. The lowest BCUT2D eigenvalue weighted by atomic mass is 10.0. The van der Waals surface area contributed by atoms with Gasteiger partial charge in [0.05, 0.1) is 11.3 Å². The number of fused-ring (bicyclic) bond motifs is 1. The van der Waals surface area contributed by atoms with E-state index >= 15 is 0 Å². The first-order valence-corrected chi connectivity index (χ1v) is 9.81. The predicted octanol–water partition coefficient (Wildman–Crippen LogP) is 7.04. The van der Waals surface area contributed by atoms with Crippen LogP contribution in [-0.4, -0.2) is 27.2 Å². The van der Waals surface area contributed by atoms with E-state index in [0.717, 1.165) is 6.07 Å². The van der Waals surface area contributed by atoms with E-state index in [9.17, 15) is 35.1 Å². The van der Waals surface area contributed by atoms with Crippen LogP contribution < -0.4 is 10.1 Å². The average Bonchev–Trinajstić information content (AvgIpc) is 3.27. The van der Waals surface area contributed by atoms with Crippen LogP contribution in [0.15, 0.2) is 61.1 Å². The zero-order chi connectivity index (χ0) is 25.3. The van der Waals surface area contributed by atoms with Gasteiger partial charge < -0.3 is 14.5 Å². The van der Waals surface area contributed by atoms with E-state index in [2.05, 4.69) is 20.0 Å². The maximum Gasteiger partial charge on any atom is 0.416 e. The molecule has 0 saturated heterocycles. The third kappa shape index (κ3) is 5.44. The summed E-state index contributed by atoms with van der Waals surface area (Å²) in [5, 5.41) is 2.81. The average molecular weight is 502 g/mol. The smallest absolute Gasteiger partial charge is 0.416 e. The fraction of sp³-hybridized carbons (Fsp3) is 0.182. The molecule has 4 aromatic rings. The Morgan fingerprint density at radius 2 is 1.74 bits per heavy atom. The molecule has 35 heavy (non-hydrogen) atoms. The Hall–Kier alpha value is -3.90. The molecule has 0 aliphatic carbocycles. The van der Waals surface area contributed by atoms with E-state index < -0.39 is 36.5 Å². The Morgan fingerprint density at radius 1 is 0.971 bits per heavy atom. The standard InChI is InChI=1S/C22H14F8N4O/c23-17(24)12-6-11(7-13(8-12)22(28,29)30)16-10-34-5-4-31-21(34)20(33-16)32-14-2-1-3-15(9-14)35-19(27)18(25)26/h1-10,17-19H,(H,32,33). The SMILES string of the molecule is FC(F)c1cc(-c2cn3ccnc3c(Nc3cccc(OC(F)C(F)F)c3)n2)cc(C(F)(F)F)c1. The summed E-state index contributed by atoms with van der Waals surface area (Å²) in [6.45, 7) is 0. The van der Waals surface area contributed by atoms with Gasteiger partial charge in [0.15, 0.2) is 11.5 Å². The van der Waals surface area contributed by atoms with Gasteiger partial charge in [-0.05, 0) is 30.3 Å². The van der Waals surface area contributed by atoms with Crippen LogP contribution in [-0.2, 0) is 6.18 Å². The van der Waals surface area contributed by atoms with Crippen LogP contribution in [0, 0.1) is 0 Å². The Kier molecular flexibility index (Phi) is 6.50. The van der Waals surface area contributed by atoms with E-state index in [1.54, 1.807) is 0 Å². The summed E-state index contributed by atoms with van der Waals surface area (Å²) < 4.78 is 110. The molecule has 0 radical (unpaired) electrons. The summed E-state index contributed by atoms with van der Waals surface area (Å²) in [6, 6.07) is 7.24. The molecule has 0 aliphatic rings. The number of alkyl halides is 8. The normalized spacial score (nSPS) is 13.0. The van der Waals surface area contributed by atoms with Crippen molar-refractivity contribution in [1.29, 1.82) is 0 Å². The van der Waals surface area contributed by atoms with Crippen molar-refractivity contribution in [2.45, 2.75) is 25.4 Å². The molecule has 1 N–H and O–H groups in total. The molecule has 0 amide bonds. The topological polar surface area (TPSA) is 51.5 Å². The lowest BCUT2D eigenvalue weighted by Crippen LogP contribution is -2.19. The van der Waals surface area contributed by atoms with Gasteiger partial charge in [-0.3, -0.25) is 0 Å². The van der Waals surface area contributed by atoms with Crippen molar-refractivity contribution in [3.05, 3.63) is 72.2 Å². The Morgan fingerprint density at radius 3 is 2.43 bits per heavy atom. The number of nitrogens with one attached hydrogen (secondary N) is 1. The van der Waals surface area contributed by atoms with Gasteiger partial charge in [-0.2, -0.15) is 17.6 Å². The Balaban J connectivity index is 1.75. The van der Waals surface area contributed by atoms with E-state index in [4.69, 9.17) is 0 Å². The van der Waals surface area contributed by atoms with Crippen molar-refractivity contribution >= 4 is 17.2 Å². The van der Waals surface area contributed by atoms with Gasteiger partial charge in [0.25, 0.3) is 12.8 Å². The van der Waals surface area contributed by atoms with Gasteiger partial charge >= 0.3 is 12.6 Å². The second-order valence-corrected chi connectivity index (χ2v) is 7.23. The van der Waals surface area contributed by atoms with Gasteiger partial charge in [0.1, 0.15) is 5.75 Å². The Labute approximate surface area is 192 Å². The van der Waals surface area contributed by atoms with Gasteiger partial charge in [0, 0.05) is 41.5 Å². The fourth-order valence-electron chi connectivity index (χ4n) is 3.21. The first kappa shape index (κ1) is 24.2. The highest BCUT2D eigenvalue weighted by molar-refractivity contribution is 5.74. The van der Waals surface area contributed by atoms with E-state index in [0.29, 0.717) is 12.1 Å². The highest BCUT2D eigenvalue weighted by Crippen LogP contribution is 2.36. The molecule has 5 nitrogen and oxygen atoms in total. The molecule has 184 valence electrons. The maximum absolute atomic E-state index is 13.3. The number of anilines is 2. The highest BCUT2D eigenvalue weighted by Gasteiger charge is 2.32. The van der Waals surface area contributed by atoms with Crippen molar-refractivity contribution in [1.82, 2.24) is 14.4 Å². The molecule has 13 heteroatoms. The number of aromatic nitrogens is 3. The minimum absolute atomic E-state index is 0.00585. The molecular weight excluding hydrogens is 488 g/mol. The minimum Gasteiger partial charge on any atom is -0.454 e. The molecule has 0 fully saturated rings. The third-order valence-corrected chi connectivity index (χ3v) is 4.75. The number of benzene rings is 2. The maximum atomic E-state index is 13.3. The Bertz CT molecular complexity index is 1340. The number of hydrogen-bond donors (Lipinski definition) is 1. The first-order chi connectivity index (χ1) is 16.5. The molecule has 0 saturated carbocycles.